The normalized spacial score (nSPS) is 17.6. The van der Waals surface area contributed by atoms with Crippen molar-refractivity contribution >= 4 is 5.69 Å². The lowest BCUT2D eigenvalue weighted by atomic mass is 9.87. The molecule has 2 aromatic rings. The molecule has 0 heterocycles. The molecule has 3 nitrogen and oxygen atoms in total. The molecule has 0 amide bonds. The van der Waals surface area contributed by atoms with Crippen LogP contribution in [0.3, 0.4) is 0 Å². The molecular weight excluding hydrogens is 250 g/mol. The van der Waals surface area contributed by atoms with E-state index in [9.17, 15) is 5.11 Å². The highest BCUT2D eigenvalue weighted by atomic mass is 16.3. The van der Waals surface area contributed by atoms with Crippen molar-refractivity contribution in [3.8, 4) is 5.75 Å². The SMILES string of the molecule is OCc1ccc(NC2CCCc3ccc(O)cc32)cc1. The first-order valence-corrected chi connectivity index (χ1v) is 7.04. The molecule has 0 aliphatic heterocycles. The van der Waals surface area contributed by atoms with E-state index in [0.29, 0.717) is 5.75 Å². The number of phenolic OH excluding ortho intramolecular Hbond substituents is 1. The summed E-state index contributed by atoms with van der Waals surface area (Å²) in [6, 6.07) is 13.7. The van der Waals surface area contributed by atoms with Gasteiger partial charge in [-0.15, -0.1) is 0 Å². The van der Waals surface area contributed by atoms with Gasteiger partial charge >= 0.3 is 0 Å². The van der Waals surface area contributed by atoms with Crippen LogP contribution in [0.4, 0.5) is 5.69 Å². The predicted octanol–water partition coefficient (Wildman–Crippen LogP) is 3.37. The number of phenols is 1. The highest BCUT2D eigenvalue weighted by Gasteiger charge is 2.20. The number of aliphatic hydroxyl groups is 1. The molecular formula is C17H19NO2. The third-order valence-electron chi connectivity index (χ3n) is 3.92. The Balaban J connectivity index is 1.83. The largest absolute Gasteiger partial charge is 0.508 e. The number of fused-ring (bicyclic) bond motifs is 1. The van der Waals surface area contributed by atoms with Crippen molar-refractivity contribution in [3.63, 3.8) is 0 Å². The average molecular weight is 269 g/mol. The topological polar surface area (TPSA) is 52.5 Å². The molecule has 3 N–H and O–H groups in total. The second kappa shape index (κ2) is 5.55. The van der Waals surface area contributed by atoms with E-state index in [1.807, 2.05) is 36.4 Å². The summed E-state index contributed by atoms with van der Waals surface area (Å²) in [5.74, 6) is 0.327. The lowest BCUT2D eigenvalue weighted by Crippen LogP contribution is -2.17. The maximum Gasteiger partial charge on any atom is 0.115 e. The Morgan fingerprint density at radius 1 is 1.10 bits per heavy atom. The van der Waals surface area contributed by atoms with E-state index < -0.39 is 0 Å². The summed E-state index contributed by atoms with van der Waals surface area (Å²) in [6.07, 6.45) is 3.31. The predicted molar refractivity (Wildman–Crippen MR) is 79.8 cm³/mol. The minimum absolute atomic E-state index is 0.0699. The Kier molecular flexibility index (Phi) is 3.61. The molecule has 1 aliphatic rings. The number of benzene rings is 2. The molecule has 1 unspecified atom stereocenters. The minimum Gasteiger partial charge on any atom is -0.508 e. The van der Waals surface area contributed by atoms with Gasteiger partial charge in [0.1, 0.15) is 5.75 Å². The van der Waals surface area contributed by atoms with Gasteiger partial charge in [-0.3, -0.25) is 0 Å². The van der Waals surface area contributed by atoms with Crippen molar-refractivity contribution in [2.75, 3.05) is 5.32 Å². The van der Waals surface area contributed by atoms with Crippen molar-refractivity contribution in [2.45, 2.75) is 31.9 Å². The third-order valence-corrected chi connectivity index (χ3v) is 3.92. The summed E-state index contributed by atoms with van der Waals surface area (Å²) < 4.78 is 0. The van der Waals surface area contributed by atoms with E-state index in [2.05, 4.69) is 5.32 Å². The molecule has 0 bridgehead atoms. The van der Waals surface area contributed by atoms with Crippen LogP contribution >= 0.6 is 0 Å². The summed E-state index contributed by atoms with van der Waals surface area (Å²) >= 11 is 0. The lowest BCUT2D eigenvalue weighted by Gasteiger charge is -2.27. The molecule has 0 saturated carbocycles. The van der Waals surface area contributed by atoms with Crippen LogP contribution in [0, 0.1) is 0 Å². The van der Waals surface area contributed by atoms with Gasteiger partial charge in [-0.05, 0) is 60.2 Å². The second-order valence-corrected chi connectivity index (χ2v) is 5.33. The number of anilines is 1. The number of hydrogen-bond acceptors (Lipinski definition) is 3. The second-order valence-electron chi connectivity index (χ2n) is 5.33. The highest BCUT2D eigenvalue weighted by molar-refractivity contribution is 5.49. The van der Waals surface area contributed by atoms with Gasteiger partial charge < -0.3 is 15.5 Å². The van der Waals surface area contributed by atoms with Gasteiger partial charge in [-0.25, -0.2) is 0 Å². The van der Waals surface area contributed by atoms with Crippen molar-refractivity contribution in [2.24, 2.45) is 0 Å². The molecule has 0 aromatic heterocycles. The molecule has 3 rings (SSSR count). The van der Waals surface area contributed by atoms with Crippen molar-refractivity contribution in [3.05, 3.63) is 59.2 Å². The van der Waals surface area contributed by atoms with Crippen molar-refractivity contribution in [1.82, 2.24) is 0 Å². The maximum absolute atomic E-state index is 9.68. The Bertz CT molecular complexity index is 592. The zero-order chi connectivity index (χ0) is 13.9. The first-order valence-electron chi connectivity index (χ1n) is 7.04. The molecule has 1 aliphatic carbocycles. The van der Waals surface area contributed by atoms with E-state index in [-0.39, 0.29) is 12.6 Å². The zero-order valence-corrected chi connectivity index (χ0v) is 11.3. The summed E-state index contributed by atoms with van der Waals surface area (Å²) in [4.78, 5) is 0. The van der Waals surface area contributed by atoms with Crippen LogP contribution in [0.25, 0.3) is 0 Å². The number of aryl methyl sites for hydroxylation is 1. The zero-order valence-electron chi connectivity index (χ0n) is 11.3. The van der Waals surface area contributed by atoms with Crippen LogP contribution in [0.1, 0.15) is 35.6 Å². The summed E-state index contributed by atoms with van der Waals surface area (Å²) in [6.45, 7) is 0.0699. The van der Waals surface area contributed by atoms with E-state index in [1.54, 1.807) is 6.07 Å². The molecule has 2 aromatic carbocycles. The van der Waals surface area contributed by atoms with Gasteiger partial charge in [0, 0.05) is 5.69 Å². The molecule has 0 radical (unpaired) electrons. The number of aromatic hydroxyl groups is 1. The Labute approximate surface area is 118 Å². The number of rotatable bonds is 3. The van der Waals surface area contributed by atoms with Crippen LogP contribution in [0.5, 0.6) is 5.75 Å². The lowest BCUT2D eigenvalue weighted by molar-refractivity contribution is 0.282. The molecule has 0 fully saturated rings. The van der Waals surface area contributed by atoms with Gasteiger partial charge in [0.05, 0.1) is 12.6 Å². The van der Waals surface area contributed by atoms with Crippen LogP contribution in [-0.2, 0) is 13.0 Å². The van der Waals surface area contributed by atoms with Crippen LogP contribution in [-0.4, -0.2) is 10.2 Å². The van der Waals surface area contributed by atoms with Crippen LogP contribution < -0.4 is 5.32 Å². The highest BCUT2D eigenvalue weighted by Crippen LogP contribution is 2.34. The van der Waals surface area contributed by atoms with Gasteiger partial charge in [0.2, 0.25) is 0 Å². The Hall–Kier alpha value is -2.00. The molecule has 3 heteroatoms. The van der Waals surface area contributed by atoms with Crippen LogP contribution in [0.15, 0.2) is 42.5 Å². The van der Waals surface area contributed by atoms with Crippen molar-refractivity contribution < 1.29 is 10.2 Å². The summed E-state index contributed by atoms with van der Waals surface area (Å²) in [7, 11) is 0. The molecule has 104 valence electrons. The quantitative estimate of drug-likeness (QED) is 0.800. The van der Waals surface area contributed by atoms with E-state index >= 15 is 0 Å². The first kappa shape index (κ1) is 13.0. The fraction of sp³-hybridized carbons (Fsp3) is 0.294. The Morgan fingerprint density at radius 3 is 2.65 bits per heavy atom. The van der Waals surface area contributed by atoms with Gasteiger partial charge in [0.25, 0.3) is 0 Å². The first-order chi connectivity index (χ1) is 9.76. The van der Waals surface area contributed by atoms with Crippen molar-refractivity contribution in [1.29, 1.82) is 0 Å². The Morgan fingerprint density at radius 2 is 1.90 bits per heavy atom. The summed E-state index contributed by atoms with van der Waals surface area (Å²) in [5.41, 5.74) is 4.47. The average Bonchev–Trinajstić information content (AvgIpc) is 2.49. The van der Waals surface area contributed by atoms with Crippen LogP contribution in [0.2, 0.25) is 0 Å². The minimum atomic E-state index is 0.0699. The van der Waals surface area contributed by atoms with Gasteiger partial charge in [0.15, 0.2) is 0 Å². The fourth-order valence-corrected chi connectivity index (χ4v) is 2.84. The number of nitrogens with one attached hydrogen (secondary N) is 1. The third kappa shape index (κ3) is 2.63. The fourth-order valence-electron chi connectivity index (χ4n) is 2.84. The number of aliphatic hydroxyl groups excluding tert-OH is 1. The summed E-state index contributed by atoms with van der Waals surface area (Å²) in [5, 5.41) is 22.3. The molecule has 0 spiro atoms. The smallest absolute Gasteiger partial charge is 0.115 e. The van der Waals surface area contributed by atoms with E-state index in [0.717, 1.165) is 30.5 Å². The monoisotopic (exact) mass is 269 g/mol. The number of hydrogen-bond donors (Lipinski definition) is 3. The molecule has 0 saturated heterocycles. The maximum atomic E-state index is 9.68. The molecule has 1 atom stereocenters. The van der Waals surface area contributed by atoms with E-state index in [4.69, 9.17) is 5.11 Å². The standard InChI is InChI=1S/C17H19NO2/c19-11-12-4-7-14(8-5-12)18-17-3-1-2-13-6-9-15(20)10-16(13)17/h4-10,17-20H,1-3,11H2. The van der Waals surface area contributed by atoms with Gasteiger partial charge in [-0.2, -0.15) is 0 Å². The van der Waals surface area contributed by atoms with Gasteiger partial charge in [-0.1, -0.05) is 18.2 Å². The molecule has 20 heavy (non-hydrogen) atoms. The van der Waals surface area contributed by atoms with E-state index in [1.165, 1.54) is 11.1 Å².